The van der Waals surface area contributed by atoms with Gasteiger partial charge in [-0.2, -0.15) is 9.40 Å². The predicted molar refractivity (Wildman–Crippen MR) is 73.0 cm³/mol. The lowest BCUT2D eigenvalue weighted by Crippen LogP contribution is -2.57. The molecule has 1 aromatic rings. The number of nitrogens with zero attached hydrogens (tertiary/aromatic N) is 2. The molecule has 0 radical (unpaired) electrons. The van der Waals surface area contributed by atoms with Crippen LogP contribution in [0.5, 0.6) is 0 Å². The normalized spacial score (nSPS) is 19.7. The first-order valence-corrected chi connectivity index (χ1v) is 8.23. The monoisotopic (exact) mass is 286 g/mol. The molecule has 108 valence electrons. The topological polar surface area (TPSA) is 92.1 Å². The van der Waals surface area contributed by atoms with Gasteiger partial charge in [0.2, 0.25) is 0 Å². The van der Waals surface area contributed by atoms with Gasteiger partial charge >= 0.3 is 0 Å². The molecule has 0 saturated heterocycles. The third kappa shape index (κ3) is 2.54. The van der Waals surface area contributed by atoms with Gasteiger partial charge in [0.05, 0.1) is 6.20 Å². The largest absolute Gasteiger partial charge is 0.329 e. The standard InChI is InChI=1S/C12H22N4O2S/c1-2-16(12(10-13)7-4-3-5-8-12)19(17,18)11-6-9-14-15-11/h6,9H,2-5,7-8,10,13H2,1H3,(H,14,15). The van der Waals surface area contributed by atoms with Crippen LogP contribution in [0.4, 0.5) is 0 Å². The van der Waals surface area contributed by atoms with Crippen LogP contribution >= 0.6 is 0 Å². The van der Waals surface area contributed by atoms with Crippen LogP contribution in [0.2, 0.25) is 0 Å². The first-order chi connectivity index (χ1) is 9.07. The molecule has 1 heterocycles. The molecule has 1 aliphatic carbocycles. The van der Waals surface area contributed by atoms with Crippen molar-refractivity contribution in [1.82, 2.24) is 14.5 Å². The Bertz CT molecular complexity index is 492. The van der Waals surface area contributed by atoms with E-state index in [2.05, 4.69) is 10.2 Å². The number of nitrogens with one attached hydrogen (secondary N) is 1. The summed E-state index contributed by atoms with van der Waals surface area (Å²) in [5, 5.41) is 6.43. The Morgan fingerprint density at radius 3 is 2.58 bits per heavy atom. The first kappa shape index (κ1) is 14.5. The van der Waals surface area contributed by atoms with Crippen molar-refractivity contribution < 1.29 is 8.42 Å². The Labute approximate surface area is 114 Å². The Balaban J connectivity index is 2.38. The first-order valence-electron chi connectivity index (χ1n) is 6.79. The maximum atomic E-state index is 12.7. The van der Waals surface area contributed by atoms with Gasteiger partial charge in [-0.05, 0) is 18.9 Å². The summed E-state index contributed by atoms with van der Waals surface area (Å²) < 4.78 is 26.9. The Kier molecular flexibility index (Phi) is 4.27. The molecule has 6 nitrogen and oxygen atoms in total. The lowest BCUT2D eigenvalue weighted by atomic mass is 9.81. The summed E-state index contributed by atoms with van der Waals surface area (Å²) in [7, 11) is -3.54. The molecule has 1 saturated carbocycles. The molecule has 1 fully saturated rings. The van der Waals surface area contributed by atoms with E-state index in [1.54, 1.807) is 4.31 Å². The molecule has 0 unspecified atom stereocenters. The summed E-state index contributed by atoms with van der Waals surface area (Å²) in [6, 6.07) is 1.49. The third-order valence-electron chi connectivity index (χ3n) is 4.02. The van der Waals surface area contributed by atoms with Gasteiger partial charge in [-0.1, -0.05) is 26.2 Å². The zero-order valence-corrected chi connectivity index (χ0v) is 12.1. The van der Waals surface area contributed by atoms with E-state index in [4.69, 9.17) is 5.73 Å². The molecular weight excluding hydrogens is 264 g/mol. The fourth-order valence-corrected chi connectivity index (χ4v) is 4.78. The Morgan fingerprint density at radius 1 is 1.42 bits per heavy atom. The van der Waals surface area contributed by atoms with Crippen LogP contribution in [-0.4, -0.2) is 41.5 Å². The Hall–Kier alpha value is -0.920. The van der Waals surface area contributed by atoms with Crippen molar-refractivity contribution in [3.63, 3.8) is 0 Å². The van der Waals surface area contributed by atoms with Crippen LogP contribution in [-0.2, 0) is 10.0 Å². The number of H-pyrrole nitrogens is 1. The van der Waals surface area contributed by atoms with E-state index in [-0.39, 0.29) is 5.03 Å². The molecular formula is C12H22N4O2S. The van der Waals surface area contributed by atoms with E-state index in [0.717, 1.165) is 32.1 Å². The smallest absolute Gasteiger partial charge is 0.260 e. The zero-order valence-electron chi connectivity index (χ0n) is 11.3. The number of hydrogen-bond donors (Lipinski definition) is 2. The quantitative estimate of drug-likeness (QED) is 0.847. The number of hydrogen-bond acceptors (Lipinski definition) is 4. The van der Waals surface area contributed by atoms with Crippen molar-refractivity contribution in [2.45, 2.75) is 49.6 Å². The third-order valence-corrected chi connectivity index (χ3v) is 6.03. The second-order valence-electron chi connectivity index (χ2n) is 5.08. The summed E-state index contributed by atoms with van der Waals surface area (Å²) in [6.07, 6.45) is 6.36. The molecule has 0 bridgehead atoms. The van der Waals surface area contributed by atoms with Crippen LogP contribution in [0.3, 0.4) is 0 Å². The molecule has 0 aliphatic heterocycles. The summed E-state index contributed by atoms with van der Waals surface area (Å²) >= 11 is 0. The minimum absolute atomic E-state index is 0.146. The number of aromatic amines is 1. The van der Waals surface area contributed by atoms with Gasteiger partial charge in [0.1, 0.15) is 0 Å². The lowest BCUT2D eigenvalue weighted by Gasteiger charge is -2.44. The van der Waals surface area contributed by atoms with Crippen molar-refractivity contribution >= 4 is 10.0 Å². The summed E-state index contributed by atoms with van der Waals surface area (Å²) in [5.41, 5.74) is 5.50. The number of aromatic nitrogens is 2. The number of sulfonamides is 1. The van der Waals surface area contributed by atoms with Crippen LogP contribution in [0.25, 0.3) is 0 Å². The van der Waals surface area contributed by atoms with E-state index < -0.39 is 15.6 Å². The summed E-state index contributed by atoms with van der Waals surface area (Å²) in [4.78, 5) is 0. The second kappa shape index (κ2) is 5.60. The van der Waals surface area contributed by atoms with E-state index in [9.17, 15) is 8.42 Å². The molecule has 2 rings (SSSR count). The van der Waals surface area contributed by atoms with Gasteiger partial charge in [-0.15, -0.1) is 0 Å². The van der Waals surface area contributed by atoms with Crippen molar-refractivity contribution in [1.29, 1.82) is 0 Å². The van der Waals surface area contributed by atoms with Gasteiger partial charge < -0.3 is 5.73 Å². The van der Waals surface area contributed by atoms with Crippen LogP contribution in [0, 0.1) is 0 Å². The average Bonchev–Trinajstić information content (AvgIpc) is 2.95. The molecule has 3 N–H and O–H groups in total. The number of rotatable bonds is 5. The molecule has 0 atom stereocenters. The van der Waals surface area contributed by atoms with Gasteiger partial charge in [0.25, 0.3) is 10.0 Å². The highest BCUT2D eigenvalue weighted by atomic mass is 32.2. The highest BCUT2D eigenvalue weighted by molar-refractivity contribution is 7.89. The molecule has 0 aromatic carbocycles. The van der Waals surface area contributed by atoms with Gasteiger partial charge in [0.15, 0.2) is 5.03 Å². The van der Waals surface area contributed by atoms with Crippen LogP contribution in [0.1, 0.15) is 39.0 Å². The SMILES string of the molecule is CCN(C1(CN)CCCCC1)S(=O)(=O)c1ccn[nH]1. The maximum Gasteiger partial charge on any atom is 0.260 e. The van der Waals surface area contributed by atoms with Gasteiger partial charge in [-0.3, -0.25) is 5.10 Å². The van der Waals surface area contributed by atoms with Gasteiger partial charge in [-0.25, -0.2) is 8.42 Å². The van der Waals surface area contributed by atoms with E-state index in [1.165, 1.54) is 12.3 Å². The number of likely N-dealkylation sites (N-methyl/N-ethyl adjacent to an activating group) is 1. The van der Waals surface area contributed by atoms with E-state index in [0.29, 0.717) is 13.1 Å². The minimum atomic E-state index is -3.54. The van der Waals surface area contributed by atoms with Crippen molar-refractivity contribution in [3.8, 4) is 0 Å². The highest BCUT2D eigenvalue weighted by Gasteiger charge is 2.43. The van der Waals surface area contributed by atoms with Crippen molar-refractivity contribution in [2.75, 3.05) is 13.1 Å². The molecule has 1 aromatic heterocycles. The Morgan fingerprint density at radius 2 is 2.11 bits per heavy atom. The summed E-state index contributed by atoms with van der Waals surface area (Å²) in [5.74, 6) is 0. The van der Waals surface area contributed by atoms with Crippen LogP contribution in [0.15, 0.2) is 17.3 Å². The lowest BCUT2D eigenvalue weighted by molar-refractivity contribution is 0.140. The molecule has 0 spiro atoms. The fourth-order valence-electron chi connectivity index (χ4n) is 3.03. The number of nitrogens with two attached hydrogens (primary N) is 1. The summed E-state index contributed by atoms with van der Waals surface area (Å²) in [6.45, 7) is 2.66. The average molecular weight is 286 g/mol. The van der Waals surface area contributed by atoms with Crippen LogP contribution < -0.4 is 5.73 Å². The van der Waals surface area contributed by atoms with Gasteiger partial charge in [0, 0.05) is 18.6 Å². The maximum absolute atomic E-state index is 12.7. The molecule has 0 amide bonds. The molecule has 7 heteroatoms. The minimum Gasteiger partial charge on any atom is -0.329 e. The van der Waals surface area contributed by atoms with Crippen molar-refractivity contribution in [2.24, 2.45) is 5.73 Å². The fraction of sp³-hybridized carbons (Fsp3) is 0.750. The van der Waals surface area contributed by atoms with Crippen molar-refractivity contribution in [3.05, 3.63) is 12.3 Å². The van der Waals surface area contributed by atoms with E-state index >= 15 is 0 Å². The second-order valence-corrected chi connectivity index (χ2v) is 6.91. The molecule has 1 aliphatic rings. The highest BCUT2D eigenvalue weighted by Crippen LogP contribution is 2.36. The van der Waals surface area contributed by atoms with E-state index in [1.807, 2.05) is 6.92 Å². The zero-order chi connectivity index (χ0) is 13.9. The predicted octanol–water partition coefficient (Wildman–Crippen LogP) is 1.08. The molecule has 19 heavy (non-hydrogen) atoms.